The molecule has 0 saturated carbocycles. The van der Waals surface area contributed by atoms with Crippen molar-refractivity contribution in [2.45, 2.75) is 44.7 Å². The minimum atomic E-state index is -1.36. The van der Waals surface area contributed by atoms with Crippen LogP contribution in [0.2, 0.25) is 5.28 Å². The molecule has 1 fully saturated rings. The predicted octanol–water partition coefficient (Wildman–Crippen LogP) is 3.22. The molecule has 36 heavy (non-hydrogen) atoms. The second-order valence-corrected chi connectivity index (χ2v) is 9.28. The fourth-order valence-corrected chi connectivity index (χ4v) is 4.75. The number of amides is 1. The molecule has 0 spiro atoms. The number of hydrogen-bond acceptors (Lipinski definition) is 7. The number of ketones is 1. The molecule has 1 aliphatic heterocycles. The number of aromatic nitrogens is 4. The Balaban J connectivity index is 1.89. The molecule has 4 rings (SSSR count). The molecular weight excluding hydrogens is 490 g/mol. The Hall–Kier alpha value is -3.44. The third kappa shape index (κ3) is 4.93. The number of benzene rings is 1. The molecule has 0 radical (unpaired) electrons. The highest BCUT2D eigenvalue weighted by Gasteiger charge is 2.37. The van der Waals surface area contributed by atoms with Gasteiger partial charge in [0.15, 0.2) is 11.3 Å². The highest BCUT2D eigenvalue weighted by molar-refractivity contribution is 6.28. The Bertz CT molecular complexity index is 1310. The van der Waals surface area contributed by atoms with Gasteiger partial charge in [-0.3, -0.25) is 14.2 Å². The maximum atomic E-state index is 13.7. The zero-order valence-corrected chi connectivity index (χ0v) is 20.9. The first-order valence-electron chi connectivity index (χ1n) is 11.6. The number of imidazole rings is 1. The van der Waals surface area contributed by atoms with Gasteiger partial charge in [0.1, 0.15) is 17.6 Å². The minimum Gasteiger partial charge on any atom is -0.497 e. The Morgan fingerprint density at radius 3 is 2.47 bits per heavy atom. The minimum absolute atomic E-state index is 0.0499. The second-order valence-electron chi connectivity index (χ2n) is 8.95. The Kier molecular flexibility index (Phi) is 7.60. The van der Waals surface area contributed by atoms with Gasteiger partial charge in [-0.15, -0.1) is 5.10 Å². The van der Waals surface area contributed by atoms with E-state index in [4.69, 9.17) is 21.1 Å². The van der Waals surface area contributed by atoms with E-state index in [2.05, 4.69) is 15.4 Å². The summed E-state index contributed by atoms with van der Waals surface area (Å²) in [5.74, 6) is 0.283. The summed E-state index contributed by atoms with van der Waals surface area (Å²) in [6.45, 7) is 4.52. The van der Waals surface area contributed by atoms with Gasteiger partial charge in [0, 0.05) is 25.0 Å². The summed E-state index contributed by atoms with van der Waals surface area (Å²) in [5.41, 5.74) is 0.00760. The van der Waals surface area contributed by atoms with E-state index in [1.54, 1.807) is 38.1 Å². The van der Waals surface area contributed by atoms with E-state index < -0.39 is 29.7 Å². The van der Waals surface area contributed by atoms with E-state index in [0.29, 0.717) is 30.4 Å². The molecule has 2 aromatic heterocycles. The maximum absolute atomic E-state index is 13.7. The summed E-state index contributed by atoms with van der Waals surface area (Å²) < 4.78 is 13.1. The first kappa shape index (κ1) is 25.6. The van der Waals surface area contributed by atoms with Gasteiger partial charge in [-0.25, -0.2) is 14.3 Å². The molecule has 192 valence electrons. The monoisotopic (exact) mass is 517 g/mol. The van der Waals surface area contributed by atoms with Crippen LogP contribution in [0, 0.1) is 5.92 Å². The van der Waals surface area contributed by atoms with Crippen LogP contribution in [0.5, 0.6) is 5.75 Å². The van der Waals surface area contributed by atoms with Gasteiger partial charge in [0.25, 0.3) is 5.56 Å². The van der Waals surface area contributed by atoms with Gasteiger partial charge in [-0.05, 0) is 42.1 Å². The normalized spacial score (nSPS) is 16.1. The van der Waals surface area contributed by atoms with Crippen LogP contribution >= 0.6 is 11.6 Å². The number of hydrogen-bond donors (Lipinski definition) is 2. The van der Waals surface area contributed by atoms with E-state index in [9.17, 15) is 19.5 Å². The zero-order chi connectivity index (χ0) is 26.0. The number of fused-ring (bicyclic) bond motifs is 1. The van der Waals surface area contributed by atoms with Crippen LogP contribution in [-0.2, 0) is 9.53 Å². The molecule has 1 aromatic carbocycles. The highest BCUT2D eigenvalue weighted by atomic mass is 35.5. The third-order valence-corrected chi connectivity index (χ3v) is 6.64. The van der Waals surface area contributed by atoms with Crippen molar-refractivity contribution < 1.29 is 24.2 Å². The molecule has 2 N–H and O–H groups in total. The number of carbonyl (C=O) groups excluding carboxylic acids is 1. The molecule has 1 saturated heterocycles. The van der Waals surface area contributed by atoms with Crippen molar-refractivity contribution in [3.05, 3.63) is 57.5 Å². The maximum Gasteiger partial charge on any atom is 0.405 e. The summed E-state index contributed by atoms with van der Waals surface area (Å²) in [6.07, 6.45) is 1.52. The summed E-state index contributed by atoms with van der Waals surface area (Å²) in [6, 6.07) is 4.13. The van der Waals surface area contributed by atoms with Crippen molar-refractivity contribution in [2.24, 2.45) is 5.92 Å². The topological polar surface area (TPSA) is 137 Å². The number of nitrogens with one attached hydrogen (secondary N) is 1. The smallest absolute Gasteiger partial charge is 0.405 e. The average Bonchev–Trinajstić information content (AvgIpc) is 3.29. The van der Waals surface area contributed by atoms with E-state index >= 15 is 0 Å². The second kappa shape index (κ2) is 10.7. The first-order valence-corrected chi connectivity index (χ1v) is 12.0. The average molecular weight is 518 g/mol. The molecule has 12 heteroatoms. The summed E-state index contributed by atoms with van der Waals surface area (Å²) in [4.78, 5) is 43.5. The molecule has 0 bridgehead atoms. The fourth-order valence-electron chi connectivity index (χ4n) is 4.50. The van der Waals surface area contributed by atoms with E-state index in [1.807, 2.05) is 0 Å². The number of rotatable bonds is 8. The van der Waals surface area contributed by atoms with Crippen LogP contribution in [0.15, 0.2) is 35.3 Å². The Labute approximate surface area is 212 Å². The lowest BCUT2D eigenvalue weighted by atomic mass is 9.90. The third-order valence-electron chi connectivity index (χ3n) is 6.38. The molecule has 0 aliphatic carbocycles. The molecule has 1 unspecified atom stereocenters. The molecular formula is C24H28ClN5O6. The van der Waals surface area contributed by atoms with Crippen molar-refractivity contribution in [3.8, 4) is 5.75 Å². The number of carbonyl (C=O) groups is 2. The lowest BCUT2D eigenvalue weighted by molar-refractivity contribution is -0.126. The zero-order valence-electron chi connectivity index (χ0n) is 20.2. The molecule has 1 aliphatic rings. The summed E-state index contributed by atoms with van der Waals surface area (Å²) in [7, 11) is 1.51. The molecule has 1 amide bonds. The standard InChI is InChI=1S/C24H28ClN5O6/c1-13(2)20(31)19(18(27-24(33)34)14-4-6-16(35-3)7-5-14)29-22(32)17-12-26-21(30(17)28-23(29)25)15-8-10-36-11-9-15/h4-7,12-13,15,18-19,27H,8-11H2,1-3H3,(H,33,34)/t18-,19?/m0/s1. The van der Waals surface area contributed by atoms with E-state index in [1.165, 1.54) is 17.8 Å². The van der Waals surface area contributed by atoms with Gasteiger partial charge < -0.3 is 19.9 Å². The molecule has 3 aromatic rings. The quantitative estimate of drug-likeness (QED) is 0.464. The number of methoxy groups -OCH3 is 1. The van der Waals surface area contributed by atoms with E-state index in [-0.39, 0.29) is 22.5 Å². The number of Topliss-reactive ketones (excluding diaryl/α,β-unsaturated/α-hetero) is 1. The van der Waals surface area contributed by atoms with Crippen molar-refractivity contribution in [1.29, 1.82) is 0 Å². The van der Waals surface area contributed by atoms with Crippen molar-refractivity contribution in [1.82, 2.24) is 24.5 Å². The van der Waals surface area contributed by atoms with Gasteiger partial charge in [0.05, 0.1) is 19.3 Å². The van der Waals surface area contributed by atoms with Crippen LogP contribution in [0.3, 0.4) is 0 Å². The van der Waals surface area contributed by atoms with Gasteiger partial charge >= 0.3 is 6.09 Å². The summed E-state index contributed by atoms with van der Waals surface area (Å²) in [5, 5.41) is 16.2. The molecule has 2 atom stereocenters. The Morgan fingerprint density at radius 1 is 1.22 bits per heavy atom. The van der Waals surface area contributed by atoms with Crippen molar-refractivity contribution in [3.63, 3.8) is 0 Å². The SMILES string of the molecule is COc1ccc([C@H](NC(=O)O)C(C(=O)C(C)C)n2c(Cl)nn3c(C4CCOCC4)ncc3c2=O)cc1. The van der Waals surface area contributed by atoms with Crippen molar-refractivity contribution in [2.75, 3.05) is 20.3 Å². The fraction of sp³-hybridized carbons (Fsp3) is 0.458. The number of ether oxygens (including phenoxy) is 2. The Morgan fingerprint density at radius 2 is 1.89 bits per heavy atom. The van der Waals surface area contributed by atoms with Crippen LogP contribution in [0.1, 0.15) is 56.1 Å². The predicted molar refractivity (Wildman–Crippen MR) is 131 cm³/mol. The summed E-state index contributed by atoms with van der Waals surface area (Å²) >= 11 is 6.57. The number of halogens is 1. The van der Waals surface area contributed by atoms with Crippen LogP contribution < -0.4 is 15.6 Å². The van der Waals surface area contributed by atoms with Crippen LogP contribution in [0.4, 0.5) is 4.79 Å². The van der Waals surface area contributed by atoms with Gasteiger partial charge in [0.2, 0.25) is 5.28 Å². The molecule has 11 nitrogen and oxygen atoms in total. The lowest BCUT2D eigenvalue weighted by Crippen LogP contribution is -2.43. The number of carboxylic acid groups (broad SMARTS) is 1. The van der Waals surface area contributed by atoms with Gasteiger partial charge in [-0.1, -0.05) is 26.0 Å². The number of nitrogens with zero attached hydrogens (tertiary/aromatic N) is 4. The molecule has 3 heterocycles. The van der Waals surface area contributed by atoms with Crippen molar-refractivity contribution >= 4 is 29.0 Å². The van der Waals surface area contributed by atoms with Gasteiger partial charge in [-0.2, -0.15) is 0 Å². The lowest BCUT2D eigenvalue weighted by Gasteiger charge is -2.30. The van der Waals surface area contributed by atoms with E-state index in [0.717, 1.165) is 17.4 Å². The largest absolute Gasteiger partial charge is 0.497 e. The highest BCUT2D eigenvalue weighted by Crippen LogP contribution is 2.32. The first-order chi connectivity index (χ1) is 17.2. The van der Waals surface area contributed by atoms with Crippen LogP contribution in [0.25, 0.3) is 5.52 Å². The van der Waals surface area contributed by atoms with Crippen LogP contribution in [-0.4, -0.2) is 56.5 Å².